The van der Waals surface area contributed by atoms with Crippen LogP contribution < -0.4 is 10.6 Å². The normalized spacial score (nSPS) is 22.9. The van der Waals surface area contributed by atoms with Gasteiger partial charge in [-0.2, -0.15) is 0 Å². The molecule has 2 aliphatic rings. The summed E-state index contributed by atoms with van der Waals surface area (Å²) in [5, 5.41) is 7.13. The third-order valence-electron chi connectivity index (χ3n) is 6.92. The summed E-state index contributed by atoms with van der Waals surface area (Å²) in [7, 11) is 0.961. The average Bonchev–Trinajstić information content (AvgIpc) is 3.09. The number of rotatable bonds is 6. The second-order valence-electron chi connectivity index (χ2n) is 10.6. The van der Waals surface area contributed by atoms with Crippen molar-refractivity contribution in [1.29, 1.82) is 0 Å². The number of piperidine rings is 1. The van der Waals surface area contributed by atoms with Crippen molar-refractivity contribution in [3.05, 3.63) is 75.8 Å². The molecule has 0 bridgehead atoms. The fraction of sp³-hybridized carbons (Fsp3) is 0.429. The standard InChI is InChI=1S/C22H20Cl2N2O2.C6H16OSi/c1-3-12(2)20-22(16-8-7-15(24)10-18(16)25-21(22)28)17(11-19(27)26-20)13-5-4-6-14(23)9-13;1-7-5-6-8(2,3)4/h4-10,17,20H,2-3,11H2,1H3,(H,25,28)(H,26,27);5-6H2,1-4H3/t17-,20+,22-;/m0./s1. The van der Waals surface area contributed by atoms with Crippen LogP contribution in [-0.4, -0.2) is 39.6 Å². The lowest BCUT2D eigenvalue weighted by atomic mass is 9.59. The van der Waals surface area contributed by atoms with Gasteiger partial charge in [-0.1, -0.05) is 80.1 Å². The summed E-state index contributed by atoms with van der Waals surface area (Å²) in [6, 6.07) is 13.5. The Kier molecular flexibility index (Phi) is 9.09. The molecule has 1 saturated heterocycles. The molecule has 194 valence electrons. The number of halogens is 2. The number of carbonyl (C=O) groups is 2. The maximum absolute atomic E-state index is 13.5. The van der Waals surface area contributed by atoms with Crippen molar-refractivity contribution >= 4 is 48.8 Å². The molecule has 2 amide bonds. The van der Waals surface area contributed by atoms with Gasteiger partial charge in [-0.3, -0.25) is 9.59 Å². The van der Waals surface area contributed by atoms with Crippen LogP contribution in [-0.2, 0) is 19.7 Å². The maximum Gasteiger partial charge on any atom is 0.238 e. The van der Waals surface area contributed by atoms with Crippen molar-refractivity contribution in [2.24, 2.45) is 0 Å². The maximum atomic E-state index is 13.5. The van der Waals surface area contributed by atoms with Crippen LogP contribution >= 0.6 is 23.2 Å². The summed E-state index contributed by atoms with van der Waals surface area (Å²) in [6.07, 6.45) is 0.828. The van der Waals surface area contributed by atoms with Crippen LogP contribution in [0.5, 0.6) is 0 Å². The monoisotopic (exact) mass is 546 g/mol. The van der Waals surface area contributed by atoms with Crippen LogP contribution in [0.15, 0.2) is 54.6 Å². The average molecular weight is 548 g/mol. The van der Waals surface area contributed by atoms with E-state index in [1.165, 1.54) is 6.04 Å². The van der Waals surface area contributed by atoms with Crippen molar-refractivity contribution in [3.63, 3.8) is 0 Å². The predicted octanol–water partition coefficient (Wildman–Crippen LogP) is 6.79. The Morgan fingerprint density at radius 2 is 1.83 bits per heavy atom. The van der Waals surface area contributed by atoms with E-state index in [-0.39, 0.29) is 24.2 Å². The Morgan fingerprint density at radius 1 is 1.14 bits per heavy atom. The number of methoxy groups -OCH3 is 1. The van der Waals surface area contributed by atoms with Gasteiger partial charge in [0, 0.05) is 49.9 Å². The van der Waals surface area contributed by atoms with Crippen LogP contribution in [0.25, 0.3) is 0 Å². The first-order valence-corrected chi connectivity index (χ1v) is 16.7. The van der Waals surface area contributed by atoms with Gasteiger partial charge < -0.3 is 15.4 Å². The first-order valence-electron chi connectivity index (χ1n) is 12.3. The number of benzene rings is 2. The first kappa shape index (κ1) is 28.4. The van der Waals surface area contributed by atoms with Crippen molar-refractivity contribution in [3.8, 4) is 0 Å². The number of hydrogen-bond acceptors (Lipinski definition) is 3. The molecule has 5 nitrogen and oxygen atoms in total. The van der Waals surface area contributed by atoms with Gasteiger partial charge in [0.1, 0.15) is 5.41 Å². The molecule has 36 heavy (non-hydrogen) atoms. The highest BCUT2D eigenvalue weighted by Gasteiger charge is 2.61. The zero-order valence-corrected chi connectivity index (χ0v) is 24.2. The Labute approximate surface area is 225 Å². The first-order chi connectivity index (χ1) is 16.9. The van der Waals surface area contributed by atoms with E-state index < -0.39 is 19.5 Å². The van der Waals surface area contributed by atoms with Crippen LogP contribution in [0.3, 0.4) is 0 Å². The van der Waals surface area contributed by atoms with Crippen LogP contribution in [0.1, 0.15) is 36.8 Å². The number of carbonyl (C=O) groups excluding carboxylic acids is 2. The van der Waals surface area contributed by atoms with Gasteiger partial charge in [-0.25, -0.2) is 0 Å². The highest BCUT2D eigenvalue weighted by molar-refractivity contribution is 6.76. The SMILES string of the molecule is C=C(CC)[C@H]1NC(=O)C[C@@H](c2cccc(Cl)c2)[C@]12C(=O)Nc1cc(Cl)ccc12.COCC[Si](C)(C)C. The van der Waals surface area contributed by atoms with E-state index in [9.17, 15) is 9.59 Å². The minimum Gasteiger partial charge on any atom is -0.385 e. The summed E-state index contributed by atoms with van der Waals surface area (Å²) in [5.74, 6) is -0.643. The third-order valence-corrected chi connectivity index (χ3v) is 9.09. The molecule has 0 saturated carbocycles. The molecule has 0 radical (unpaired) electrons. The molecule has 0 aromatic heterocycles. The van der Waals surface area contributed by atoms with Crippen LogP contribution in [0.4, 0.5) is 5.69 Å². The largest absolute Gasteiger partial charge is 0.385 e. The smallest absolute Gasteiger partial charge is 0.238 e. The molecule has 4 rings (SSSR count). The minimum absolute atomic E-state index is 0.106. The zero-order chi connectivity index (χ0) is 26.7. The Hall–Kier alpha value is -2.12. The molecule has 0 unspecified atom stereocenters. The Morgan fingerprint density at radius 3 is 2.42 bits per heavy atom. The number of amides is 2. The molecule has 8 heteroatoms. The molecular formula is C28H36Cl2N2O3Si. The van der Waals surface area contributed by atoms with Crippen LogP contribution in [0, 0.1) is 0 Å². The molecule has 2 aliphatic heterocycles. The van der Waals surface area contributed by atoms with E-state index in [0.717, 1.165) is 23.3 Å². The Balaban J connectivity index is 0.000000392. The van der Waals surface area contributed by atoms with E-state index in [2.05, 4.69) is 36.9 Å². The lowest BCUT2D eigenvalue weighted by Crippen LogP contribution is -2.62. The van der Waals surface area contributed by atoms with E-state index >= 15 is 0 Å². The molecule has 1 fully saturated rings. The van der Waals surface area contributed by atoms with Crippen molar-refractivity contribution in [1.82, 2.24) is 5.32 Å². The predicted molar refractivity (Wildman–Crippen MR) is 152 cm³/mol. The highest BCUT2D eigenvalue weighted by Crippen LogP contribution is 2.54. The second-order valence-corrected chi connectivity index (χ2v) is 17.1. The van der Waals surface area contributed by atoms with Gasteiger partial charge in [-0.15, -0.1) is 0 Å². The molecule has 2 heterocycles. The highest BCUT2D eigenvalue weighted by atomic mass is 35.5. The van der Waals surface area contributed by atoms with Gasteiger partial charge in [0.05, 0.1) is 6.04 Å². The summed E-state index contributed by atoms with van der Waals surface area (Å²) in [5.41, 5.74) is 2.15. The minimum atomic E-state index is -1.01. The van der Waals surface area contributed by atoms with Gasteiger partial charge >= 0.3 is 0 Å². The van der Waals surface area contributed by atoms with Gasteiger partial charge in [0.2, 0.25) is 11.8 Å². The number of hydrogen-bond donors (Lipinski definition) is 2. The number of nitrogens with one attached hydrogen (secondary N) is 2. The molecular weight excluding hydrogens is 511 g/mol. The molecule has 2 aromatic carbocycles. The zero-order valence-electron chi connectivity index (χ0n) is 21.7. The van der Waals surface area contributed by atoms with E-state index in [0.29, 0.717) is 22.2 Å². The Bertz CT molecular complexity index is 1150. The third kappa shape index (κ3) is 5.88. The topological polar surface area (TPSA) is 67.4 Å². The van der Waals surface area contributed by atoms with Crippen molar-refractivity contribution < 1.29 is 14.3 Å². The molecule has 2 N–H and O–H groups in total. The summed E-state index contributed by atoms with van der Waals surface area (Å²) in [4.78, 5) is 26.2. The lowest BCUT2D eigenvalue weighted by molar-refractivity contribution is -0.130. The van der Waals surface area contributed by atoms with E-state index in [1.54, 1.807) is 25.3 Å². The summed E-state index contributed by atoms with van der Waals surface area (Å²) < 4.78 is 4.95. The van der Waals surface area contributed by atoms with Gasteiger partial charge in [0.25, 0.3) is 0 Å². The van der Waals surface area contributed by atoms with Crippen molar-refractivity contribution in [2.45, 2.75) is 62.8 Å². The molecule has 3 atom stereocenters. The van der Waals surface area contributed by atoms with Crippen molar-refractivity contribution in [2.75, 3.05) is 19.0 Å². The number of fused-ring (bicyclic) bond motifs is 2. The number of ether oxygens (including phenoxy) is 1. The lowest BCUT2D eigenvalue weighted by Gasteiger charge is -2.47. The van der Waals surface area contributed by atoms with E-state index in [1.807, 2.05) is 31.2 Å². The molecule has 0 aliphatic carbocycles. The number of anilines is 1. The summed E-state index contributed by atoms with van der Waals surface area (Å²) >= 11 is 12.4. The molecule has 1 spiro atoms. The fourth-order valence-corrected chi connectivity index (χ4v) is 6.17. The van der Waals surface area contributed by atoms with Crippen LogP contribution in [0.2, 0.25) is 35.7 Å². The second kappa shape index (κ2) is 11.5. The quantitative estimate of drug-likeness (QED) is 0.309. The fourth-order valence-electron chi connectivity index (χ4n) is 4.98. The van der Waals surface area contributed by atoms with Gasteiger partial charge in [-0.05, 0) is 47.9 Å². The molecule has 2 aromatic rings. The van der Waals surface area contributed by atoms with E-state index in [4.69, 9.17) is 27.9 Å². The summed E-state index contributed by atoms with van der Waals surface area (Å²) in [6.45, 7) is 14.1. The van der Waals surface area contributed by atoms with Gasteiger partial charge in [0.15, 0.2) is 0 Å².